The monoisotopic (exact) mass is 118 g/mol. The molecule has 0 amide bonds. The second-order valence-corrected chi connectivity index (χ2v) is 1.83. The van der Waals surface area contributed by atoms with Crippen molar-refractivity contribution in [1.82, 2.24) is 0 Å². The summed E-state index contributed by atoms with van der Waals surface area (Å²) in [4.78, 5) is 0. The smallest absolute Gasteiger partial charge is 0.123 e. The van der Waals surface area contributed by atoms with Gasteiger partial charge in [-0.25, -0.2) is 4.39 Å². The summed E-state index contributed by atoms with van der Waals surface area (Å²) in [5, 5.41) is 8.20. The Kier molecular flexibility index (Phi) is 3.44. The van der Waals surface area contributed by atoms with Crippen molar-refractivity contribution in [2.24, 2.45) is 0 Å². The van der Waals surface area contributed by atoms with Gasteiger partial charge < -0.3 is 5.11 Å². The van der Waals surface area contributed by atoms with Crippen LogP contribution in [-0.2, 0) is 0 Å². The van der Waals surface area contributed by atoms with Gasteiger partial charge in [-0.15, -0.1) is 0 Å². The SMILES string of the molecule is C=C(C)[C@H](F)CCO. The minimum absolute atomic E-state index is 0.103. The molecule has 0 spiro atoms. The summed E-state index contributed by atoms with van der Waals surface area (Å²) < 4.78 is 12.3. The molecule has 1 nitrogen and oxygen atoms in total. The zero-order chi connectivity index (χ0) is 6.57. The first kappa shape index (κ1) is 7.63. The van der Waals surface area contributed by atoms with E-state index in [9.17, 15) is 4.39 Å². The van der Waals surface area contributed by atoms with Gasteiger partial charge in [-0.2, -0.15) is 0 Å². The first-order valence-corrected chi connectivity index (χ1v) is 2.58. The van der Waals surface area contributed by atoms with E-state index in [0.717, 1.165) is 0 Å². The highest BCUT2D eigenvalue weighted by molar-refractivity contribution is 4.96. The summed E-state index contributed by atoms with van der Waals surface area (Å²) in [6.07, 6.45) is -0.852. The van der Waals surface area contributed by atoms with E-state index in [1.807, 2.05) is 0 Å². The maximum atomic E-state index is 12.3. The molecule has 0 aromatic rings. The zero-order valence-corrected chi connectivity index (χ0v) is 5.02. The van der Waals surface area contributed by atoms with E-state index in [0.29, 0.717) is 5.57 Å². The first-order chi connectivity index (χ1) is 3.68. The zero-order valence-electron chi connectivity index (χ0n) is 5.02. The van der Waals surface area contributed by atoms with Crippen molar-refractivity contribution in [3.63, 3.8) is 0 Å². The van der Waals surface area contributed by atoms with Gasteiger partial charge in [-0.1, -0.05) is 6.58 Å². The Morgan fingerprint density at radius 3 is 2.50 bits per heavy atom. The molecule has 0 aromatic heterocycles. The van der Waals surface area contributed by atoms with Crippen LogP contribution in [-0.4, -0.2) is 17.9 Å². The molecular formula is C6H11FO. The number of hydrogen-bond donors (Lipinski definition) is 1. The van der Waals surface area contributed by atoms with Crippen molar-refractivity contribution in [2.45, 2.75) is 19.5 Å². The lowest BCUT2D eigenvalue weighted by Crippen LogP contribution is -2.02. The summed E-state index contributed by atoms with van der Waals surface area (Å²) >= 11 is 0. The minimum atomic E-state index is -1.03. The summed E-state index contributed by atoms with van der Waals surface area (Å²) in [7, 11) is 0. The molecule has 2 heteroatoms. The first-order valence-electron chi connectivity index (χ1n) is 2.58. The van der Waals surface area contributed by atoms with Gasteiger partial charge in [0.15, 0.2) is 0 Å². The Labute approximate surface area is 48.8 Å². The van der Waals surface area contributed by atoms with Crippen molar-refractivity contribution in [3.05, 3.63) is 12.2 Å². The van der Waals surface area contributed by atoms with Crippen molar-refractivity contribution in [2.75, 3.05) is 6.61 Å². The molecule has 1 N–H and O–H groups in total. The highest BCUT2D eigenvalue weighted by atomic mass is 19.1. The van der Waals surface area contributed by atoms with Crippen LogP contribution in [0.2, 0.25) is 0 Å². The Bertz CT molecular complexity index is 80.6. The molecule has 0 aliphatic heterocycles. The fourth-order valence-electron chi connectivity index (χ4n) is 0.360. The predicted octanol–water partition coefficient (Wildman–Crippen LogP) is 1.28. The Hall–Kier alpha value is -0.370. The number of alkyl halides is 1. The van der Waals surface area contributed by atoms with Gasteiger partial charge in [0, 0.05) is 13.0 Å². The predicted molar refractivity (Wildman–Crippen MR) is 31.4 cm³/mol. The molecule has 0 aromatic carbocycles. The third kappa shape index (κ3) is 2.75. The summed E-state index contributed by atoms with van der Waals surface area (Å²) in [6, 6.07) is 0. The highest BCUT2D eigenvalue weighted by Gasteiger charge is 2.03. The van der Waals surface area contributed by atoms with Crippen LogP contribution in [0.1, 0.15) is 13.3 Å². The van der Waals surface area contributed by atoms with Crippen molar-refractivity contribution < 1.29 is 9.50 Å². The lowest BCUT2D eigenvalue weighted by molar-refractivity contribution is 0.239. The number of aliphatic hydroxyl groups excluding tert-OH is 1. The van der Waals surface area contributed by atoms with Gasteiger partial charge in [0.05, 0.1) is 0 Å². The molecule has 0 radical (unpaired) electrons. The molecule has 0 saturated carbocycles. The molecule has 0 aliphatic carbocycles. The number of allylic oxidation sites excluding steroid dienone is 1. The van der Waals surface area contributed by atoms with E-state index in [1.165, 1.54) is 0 Å². The molecule has 0 aliphatic rings. The Morgan fingerprint density at radius 2 is 2.38 bits per heavy atom. The third-order valence-corrected chi connectivity index (χ3v) is 0.917. The highest BCUT2D eigenvalue weighted by Crippen LogP contribution is 2.05. The van der Waals surface area contributed by atoms with Crippen molar-refractivity contribution >= 4 is 0 Å². The van der Waals surface area contributed by atoms with E-state index in [4.69, 9.17) is 5.11 Å². The molecule has 0 saturated heterocycles. The van der Waals surface area contributed by atoms with Gasteiger partial charge >= 0.3 is 0 Å². The average molecular weight is 118 g/mol. The lowest BCUT2D eigenvalue weighted by Gasteiger charge is -2.02. The topological polar surface area (TPSA) is 20.2 Å². The van der Waals surface area contributed by atoms with E-state index in [2.05, 4.69) is 6.58 Å². The largest absolute Gasteiger partial charge is 0.396 e. The van der Waals surface area contributed by atoms with E-state index in [-0.39, 0.29) is 13.0 Å². The number of halogens is 1. The molecule has 0 fully saturated rings. The average Bonchev–Trinajstić information content (AvgIpc) is 1.67. The molecule has 8 heavy (non-hydrogen) atoms. The van der Waals surface area contributed by atoms with Crippen LogP contribution in [0.5, 0.6) is 0 Å². The number of hydrogen-bond acceptors (Lipinski definition) is 1. The third-order valence-electron chi connectivity index (χ3n) is 0.917. The maximum Gasteiger partial charge on any atom is 0.123 e. The number of rotatable bonds is 3. The summed E-state index contributed by atoms with van der Waals surface area (Å²) in [5.74, 6) is 0. The van der Waals surface area contributed by atoms with Crippen LogP contribution in [0.15, 0.2) is 12.2 Å². The maximum absolute atomic E-state index is 12.3. The lowest BCUT2D eigenvalue weighted by atomic mass is 10.2. The molecule has 48 valence electrons. The van der Waals surface area contributed by atoms with Crippen molar-refractivity contribution in [1.29, 1.82) is 0 Å². The van der Waals surface area contributed by atoms with E-state index in [1.54, 1.807) is 6.92 Å². The van der Waals surface area contributed by atoms with Crippen LogP contribution in [0.3, 0.4) is 0 Å². The summed E-state index contributed by atoms with van der Waals surface area (Å²) in [6.45, 7) is 4.90. The van der Waals surface area contributed by atoms with Crippen LogP contribution in [0.25, 0.3) is 0 Å². The standard InChI is InChI=1S/C6H11FO/c1-5(2)6(7)3-4-8/h6,8H,1,3-4H2,2H3/t6-/m1/s1. The van der Waals surface area contributed by atoms with Gasteiger partial charge in [0.1, 0.15) is 6.17 Å². The minimum Gasteiger partial charge on any atom is -0.396 e. The van der Waals surface area contributed by atoms with Gasteiger partial charge in [-0.3, -0.25) is 0 Å². The molecule has 0 rings (SSSR count). The van der Waals surface area contributed by atoms with Gasteiger partial charge in [0.25, 0.3) is 0 Å². The van der Waals surface area contributed by atoms with Crippen LogP contribution in [0.4, 0.5) is 4.39 Å². The summed E-state index contributed by atoms with van der Waals surface area (Å²) in [5.41, 5.74) is 0.485. The second kappa shape index (κ2) is 3.61. The molecular weight excluding hydrogens is 107 g/mol. The van der Waals surface area contributed by atoms with Gasteiger partial charge in [0.2, 0.25) is 0 Å². The number of aliphatic hydroxyl groups is 1. The van der Waals surface area contributed by atoms with Crippen LogP contribution >= 0.6 is 0 Å². The van der Waals surface area contributed by atoms with Crippen molar-refractivity contribution in [3.8, 4) is 0 Å². The second-order valence-electron chi connectivity index (χ2n) is 1.83. The van der Waals surface area contributed by atoms with Gasteiger partial charge in [-0.05, 0) is 12.5 Å². The van der Waals surface area contributed by atoms with Crippen LogP contribution in [0, 0.1) is 0 Å². The Morgan fingerprint density at radius 1 is 1.88 bits per heavy atom. The van der Waals surface area contributed by atoms with Crippen LogP contribution < -0.4 is 0 Å². The fraction of sp³-hybridized carbons (Fsp3) is 0.667. The van der Waals surface area contributed by atoms with E-state index >= 15 is 0 Å². The molecule has 0 heterocycles. The Balaban J connectivity index is 3.32. The fourth-order valence-corrected chi connectivity index (χ4v) is 0.360. The molecule has 0 unspecified atom stereocenters. The molecule has 0 bridgehead atoms. The van der Waals surface area contributed by atoms with E-state index < -0.39 is 6.17 Å². The molecule has 1 atom stereocenters. The quantitative estimate of drug-likeness (QED) is 0.553. The normalized spacial score (nSPS) is 13.4.